The van der Waals surface area contributed by atoms with Crippen LogP contribution in [0.15, 0.2) is 24.3 Å². The van der Waals surface area contributed by atoms with E-state index in [1.54, 1.807) is 31.4 Å². The van der Waals surface area contributed by atoms with Crippen LogP contribution in [-0.2, 0) is 0 Å². The van der Waals surface area contributed by atoms with E-state index in [0.717, 1.165) is 17.9 Å². The molecule has 0 radical (unpaired) electrons. The summed E-state index contributed by atoms with van der Waals surface area (Å²) in [7, 11) is 1.61. The highest BCUT2D eigenvalue weighted by atomic mass is 16.5. The highest BCUT2D eigenvalue weighted by Crippen LogP contribution is 2.38. The van der Waals surface area contributed by atoms with Crippen LogP contribution in [0.25, 0.3) is 0 Å². The second-order valence-corrected chi connectivity index (χ2v) is 5.54. The van der Waals surface area contributed by atoms with Crippen molar-refractivity contribution in [3.63, 3.8) is 0 Å². The molecular weight excluding hydrogens is 242 g/mol. The standard InChI is InChI=1S/C14H21N3O2/c1-14(2)11(15)8-12(14)17-13(18)16-9-4-6-10(19-3)7-5-9/h4-7,11-12H,8,15H2,1-3H3,(H2,16,17,18). The van der Waals surface area contributed by atoms with Crippen LogP contribution in [-0.4, -0.2) is 25.2 Å². The minimum atomic E-state index is -0.199. The van der Waals surface area contributed by atoms with Crippen molar-refractivity contribution in [1.82, 2.24) is 5.32 Å². The van der Waals surface area contributed by atoms with E-state index in [-0.39, 0.29) is 23.5 Å². The monoisotopic (exact) mass is 263 g/mol. The number of carbonyl (C=O) groups excluding carboxylic acids is 1. The highest BCUT2D eigenvalue weighted by Gasteiger charge is 2.46. The van der Waals surface area contributed by atoms with Gasteiger partial charge in [-0.05, 0) is 30.7 Å². The van der Waals surface area contributed by atoms with Crippen molar-refractivity contribution in [2.45, 2.75) is 32.4 Å². The fourth-order valence-electron chi connectivity index (χ4n) is 2.20. The molecule has 1 aromatic carbocycles. The topological polar surface area (TPSA) is 76.4 Å². The summed E-state index contributed by atoms with van der Waals surface area (Å²) < 4.78 is 5.06. The fourth-order valence-corrected chi connectivity index (χ4v) is 2.20. The van der Waals surface area contributed by atoms with Crippen LogP contribution >= 0.6 is 0 Å². The van der Waals surface area contributed by atoms with Crippen molar-refractivity contribution >= 4 is 11.7 Å². The van der Waals surface area contributed by atoms with Gasteiger partial charge >= 0.3 is 6.03 Å². The van der Waals surface area contributed by atoms with Gasteiger partial charge in [0.15, 0.2) is 0 Å². The summed E-state index contributed by atoms with van der Waals surface area (Å²) in [6, 6.07) is 7.29. The van der Waals surface area contributed by atoms with Gasteiger partial charge in [0.25, 0.3) is 0 Å². The SMILES string of the molecule is COc1ccc(NC(=O)NC2CC(N)C2(C)C)cc1. The number of nitrogens with two attached hydrogens (primary N) is 1. The van der Waals surface area contributed by atoms with E-state index in [4.69, 9.17) is 10.5 Å². The number of ether oxygens (including phenoxy) is 1. The van der Waals surface area contributed by atoms with E-state index in [2.05, 4.69) is 24.5 Å². The quantitative estimate of drug-likeness (QED) is 0.780. The number of hydrogen-bond acceptors (Lipinski definition) is 3. The Hall–Kier alpha value is -1.75. The first-order chi connectivity index (χ1) is 8.93. The number of urea groups is 1. The molecular formula is C14H21N3O2. The van der Waals surface area contributed by atoms with Crippen LogP contribution in [0.4, 0.5) is 10.5 Å². The number of methoxy groups -OCH3 is 1. The Bertz CT molecular complexity index is 456. The molecule has 1 aliphatic carbocycles. The zero-order valence-electron chi connectivity index (χ0n) is 11.6. The lowest BCUT2D eigenvalue weighted by molar-refractivity contribution is 0.0815. The van der Waals surface area contributed by atoms with Crippen LogP contribution in [0.3, 0.4) is 0 Å². The third-order valence-corrected chi connectivity index (χ3v) is 4.00. The van der Waals surface area contributed by atoms with Crippen LogP contribution in [0.5, 0.6) is 5.75 Å². The van der Waals surface area contributed by atoms with E-state index < -0.39 is 0 Å². The Morgan fingerprint density at radius 2 is 2.00 bits per heavy atom. The second kappa shape index (κ2) is 5.09. The Labute approximate surface area is 113 Å². The molecule has 1 aromatic rings. The van der Waals surface area contributed by atoms with Gasteiger partial charge in [-0.15, -0.1) is 0 Å². The Balaban J connectivity index is 1.88. The summed E-state index contributed by atoms with van der Waals surface area (Å²) in [6.07, 6.45) is 0.822. The summed E-state index contributed by atoms with van der Waals surface area (Å²) >= 11 is 0. The normalized spacial score (nSPS) is 24.2. The number of hydrogen-bond donors (Lipinski definition) is 3. The van der Waals surface area contributed by atoms with E-state index >= 15 is 0 Å². The van der Waals surface area contributed by atoms with Crippen molar-refractivity contribution in [2.24, 2.45) is 11.1 Å². The predicted molar refractivity (Wildman–Crippen MR) is 75.3 cm³/mol. The summed E-state index contributed by atoms with van der Waals surface area (Å²) in [4.78, 5) is 11.9. The summed E-state index contributed by atoms with van der Waals surface area (Å²) in [5.41, 5.74) is 6.61. The van der Waals surface area contributed by atoms with E-state index in [1.807, 2.05) is 0 Å². The lowest BCUT2D eigenvalue weighted by Crippen LogP contribution is -2.64. The molecule has 5 heteroatoms. The molecule has 0 bridgehead atoms. The minimum absolute atomic E-state index is 0.0444. The molecule has 2 rings (SSSR count). The molecule has 0 heterocycles. The first-order valence-electron chi connectivity index (χ1n) is 6.40. The van der Waals surface area contributed by atoms with Gasteiger partial charge in [0.1, 0.15) is 5.75 Å². The van der Waals surface area contributed by atoms with Crippen molar-refractivity contribution in [1.29, 1.82) is 0 Å². The van der Waals surface area contributed by atoms with Gasteiger partial charge in [0.05, 0.1) is 7.11 Å². The molecule has 19 heavy (non-hydrogen) atoms. The molecule has 1 saturated carbocycles. The molecule has 5 nitrogen and oxygen atoms in total. The zero-order valence-corrected chi connectivity index (χ0v) is 11.6. The first kappa shape index (κ1) is 13.7. The molecule has 4 N–H and O–H groups in total. The van der Waals surface area contributed by atoms with Gasteiger partial charge in [-0.3, -0.25) is 0 Å². The smallest absolute Gasteiger partial charge is 0.319 e. The van der Waals surface area contributed by atoms with Crippen LogP contribution < -0.4 is 21.1 Å². The van der Waals surface area contributed by atoms with Crippen LogP contribution in [0, 0.1) is 5.41 Å². The number of amides is 2. The number of benzene rings is 1. The molecule has 2 unspecified atom stereocenters. The molecule has 1 aliphatic rings. The van der Waals surface area contributed by atoms with Crippen LogP contribution in [0.1, 0.15) is 20.3 Å². The maximum absolute atomic E-state index is 11.9. The average molecular weight is 263 g/mol. The fraction of sp³-hybridized carbons (Fsp3) is 0.500. The number of anilines is 1. The first-order valence-corrected chi connectivity index (χ1v) is 6.40. The van der Waals surface area contributed by atoms with Gasteiger partial charge in [0.2, 0.25) is 0 Å². The molecule has 0 aromatic heterocycles. The van der Waals surface area contributed by atoms with E-state index in [9.17, 15) is 4.79 Å². The Morgan fingerprint density at radius 3 is 2.47 bits per heavy atom. The molecule has 104 valence electrons. The summed E-state index contributed by atoms with van der Waals surface area (Å²) in [6.45, 7) is 4.14. The van der Waals surface area contributed by atoms with Gasteiger partial charge in [-0.2, -0.15) is 0 Å². The molecule has 2 amide bonds. The van der Waals surface area contributed by atoms with Gasteiger partial charge in [-0.1, -0.05) is 13.8 Å². The average Bonchev–Trinajstić information content (AvgIpc) is 2.39. The second-order valence-electron chi connectivity index (χ2n) is 5.54. The lowest BCUT2D eigenvalue weighted by Gasteiger charge is -2.50. The third kappa shape index (κ3) is 2.81. The minimum Gasteiger partial charge on any atom is -0.497 e. The number of carbonyl (C=O) groups is 1. The Morgan fingerprint density at radius 1 is 1.37 bits per heavy atom. The molecule has 0 saturated heterocycles. The van der Waals surface area contributed by atoms with Crippen molar-refractivity contribution < 1.29 is 9.53 Å². The van der Waals surface area contributed by atoms with E-state index in [0.29, 0.717) is 0 Å². The Kier molecular flexibility index (Phi) is 3.66. The van der Waals surface area contributed by atoms with Crippen molar-refractivity contribution in [2.75, 3.05) is 12.4 Å². The largest absolute Gasteiger partial charge is 0.497 e. The van der Waals surface area contributed by atoms with Crippen LogP contribution in [0.2, 0.25) is 0 Å². The van der Waals surface area contributed by atoms with Crippen molar-refractivity contribution in [3.8, 4) is 5.75 Å². The number of rotatable bonds is 3. The predicted octanol–water partition coefficient (Wildman–Crippen LogP) is 1.94. The van der Waals surface area contributed by atoms with Gasteiger partial charge in [-0.25, -0.2) is 4.79 Å². The zero-order chi connectivity index (χ0) is 14.0. The van der Waals surface area contributed by atoms with Gasteiger partial charge in [0, 0.05) is 23.2 Å². The molecule has 1 fully saturated rings. The summed E-state index contributed by atoms with van der Waals surface area (Å²) in [5.74, 6) is 0.761. The summed E-state index contributed by atoms with van der Waals surface area (Å²) in [5, 5.41) is 5.75. The molecule has 0 aliphatic heterocycles. The van der Waals surface area contributed by atoms with Gasteiger partial charge < -0.3 is 21.1 Å². The molecule has 0 spiro atoms. The van der Waals surface area contributed by atoms with Crippen molar-refractivity contribution in [3.05, 3.63) is 24.3 Å². The molecule has 2 atom stereocenters. The highest BCUT2D eigenvalue weighted by molar-refractivity contribution is 5.89. The lowest BCUT2D eigenvalue weighted by atomic mass is 9.63. The third-order valence-electron chi connectivity index (χ3n) is 4.00. The maximum atomic E-state index is 11.9. The van der Waals surface area contributed by atoms with E-state index in [1.165, 1.54) is 0 Å². The number of nitrogens with one attached hydrogen (secondary N) is 2. The maximum Gasteiger partial charge on any atom is 0.319 e.